The fourth-order valence-electron chi connectivity index (χ4n) is 3.94. The van der Waals surface area contributed by atoms with Gasteiger partial charge in [-0.3, -0.25) is 9.59 Å². The number of hydrogen-bond donors (Lipinski definition) is 0. The minimum absolute atomic E-state index is 0.148. The smallest absolute Gasteiger partial charge is 0.222 e. The average molecular weight is 338 g/mol. The van der Waals surface area contributed by atoms with Crippen molar-refractivity contribution in [3.63, 3.8) is 0 Å². The molecule has 0 unspecified atom stereocenters. The van der Waals surface area contributed by atoms with Crippen LogP contribution in [0.1, 0.15) is 59.3 Å². The highest BCUT2D eigenvalue weighted by atomic mass is 16.2. The van der Waals surface area contributed by atoms with Crippen molar-refractivity contribution in [1.82, 2.24) is 14.7 Å². The standard InChI is InChI=1S/C19H35N3O2/c1-16(2)14-19(24)21-11-7-8-18(15-21)22(17(3)23)13-12-20-9-5-4-6-10-20/h16,18H,4-15H2,1-3H3/t18-/m0/s1. The molecule has 0 aliphatic carbocycles. The zero-order valence-corrected chi connectivity index (χ0v) is 15.8. The van der Waals surface area contributed by atoms with Crippen LogP contribution in [0.25, 0.3) is 0 Å². The summed E-state index contributed by atoms with van der Waals surface area (Å²) >= 11 is 0. The van der Waals surface area contributed by atoms with Crippen LogP contribution < -0.4 is 0 Å². The van der Waals surface area contributed by atoms with Gasteiger partial charge < -0.3 is 14.7 Å². The summed E-state index contributed by atoms with van der Waals surface area (Å²) in [4.78, 5) is 31.0. The molecule has 24 heavy (non-hydrogen) atoms. The molecule has 138 valence electrons. The monoisotopic (exact) mass is 337 g/mol. The third-order valence-electron chi connectivity index (χ3n) is 5.28. The Morgan fingerprint density at radius 1 is 1.08 bits per heavy atom. The van der Waals surface area contributed by atoms with Gasteiger partial charge in [-0.1, -0.05) is 20.3 Å². The van der Waals surface area contributed by atoms with E-state index < -0.39 is 0 Å². The lowest BCUT2D eigenvalue weighted by atomic mass is 10.0. The number of likely N-dealkylation sites (tertiary alicyclic amines) is 2. The number of rotatable bonds is 6. The molecule has 5 heteroatoms. The number of amides is 2. The lowest BCUT2D eigenvalue weighted by Gasteiger charge is -2.40. The molecular weight excluding hydrogens is 302 g/mol. The Morgan fingerprint density at radius 2 is 1.79 bits per heavy atom. The number of carbonyl (C=O) groups is 2. The highest BCUT2D eigenvalue weighted by Gasteiger charge is 2.29. The largest absolute Gasteiger partial charge is 0.341 e. The van der Waals surface area contributed by atoms with Crippen molar-refractivity contribution in [1.29, 1.82) is 0 Å². The van der Waals surface area contributed by atoms with Crippen LogP contribution in [0, 0.1) is 5.92 Å². The van der Waals surface area contributed by atoms with E-state index in [1.54, 1.807) is 6.92 Å². The van der Waals surface area contributed by atoms with Gasteiger partial charge in [0.2, 0.25) is 11.8 Å². The van der Waals surface area contributed by atoms with Crippen LogP contribution in [0.4, 0.5) is 0 Å². The van der Waals surface area contributed by atoms with Crippen LogP contribution in [0.3, 0.4) is 0 Å². The van der Waals surface area contributed by atoms with Crippen molar-refractivity contribution in [2.75, 3.05) is 39.3 Å². The van der Waals surface area contributed by atoms with Gasteiger partial charge in [-0.25, -0.2) is 0 Å². The molecule has 0 aromatic rings. The Balaban J connectivity index is 1.88. The third-order valence-corrected chi connectivity index (χ3v) is 5.28. The second-order valence-corrected chi connectivity index (χ2v) is 7.85. The molecule has 2 heterocycles. The van der Waals surface area contributed by atoms with E-state index in [0.29, 0.717) is 18.9 Å². The van der Waals surface area contributed by atoms with Crippen LogP contribution in [-0.2, 0) is 9.59 Å². The molecule has 2 rings (SSSR count). The zero-order valence-electron chi connectivity index (χ0n) is 15.8. The van der Waals surface area contributed by atoms with Crippen LogP contribution in [0.15, 0.2) is 0 Å². The van der Waals surface area contributed by atoms with Gasteiger partial charge in [-0.2, -0.15) is 0 Å². The summed E-state index contributed by atoms with van der Waals surface area (Å²) in [6, 6.07) is 0.192. The molecule has 0 saturated carbocycles. The minimum atomic E-state index is 0.148. The molecule has 2 aliphatic rings. The lowest BCUT2D eigenvalue weighted by Crippen LogP contribution is -2.53. The fourth-order valence-corrected chi connectivity index (χ4v) is 3.94. The number of piperidine rings is 2. The van der Waals surface area contributed by atoms with E-state index in [-0.39, 0.29) is 17.9 Å². The van der Waals surface area contributed by atoms with Crippen LogP contribution in [0.5, 0.6) is 0 Å². The van der Waals surface area contributed by atoms with Crippen molar-refractivity contribution in [2.24, 2.45) is 5.92 Å². The van der Waals surface area contributed by atoms with Crippen LogP contribution >= 0.6 is 0 Å². The maximum absolute atomic E-state index is 12.4. The lowest BCUT2D eigenvalue weighted by molar-refractivity contribution is -0.139. The molecular formula is C19H35N3O2. The summed E-state index contributed by atoms with van der Waals surface area (Å²) in [7, 11) is 0. The Bertz CT molecular complexity index is 419. The summed E-state index contributed by atoms with van der Waals surface area (Å²) in [5.41, 5.74) is 0. The normalized spacial score (nSPS) is 22.7. The van der Waals surface area contributed by atoms with Crippen LogP contribution in [0.2, 0.25) is 0 Å². The summed E-state index contributed by atoms with van der Waals surface area (Å²) < 4.78 is 0. The predicted molar refractivity (Wildman–Crippen MR) is 96.7 cm³/mol. The Kier molecular flexibility index (Phi) is 7.53. The molecule has 5 nitrogen and oxygen atoms in total. The summed E-state index contributed by atoms with van der Waals surface area (Å²) in [6.45, 7) is 11.5. The van der Waals surface area contributed by atoms with Crippen molar-refractivity contribution < 1.29 is 9.59 Å². The Labute approximate surface area is 147 Å². The predicted octanol–water partition coefficient (Wildman–Crippen LogP) is 2.36. The van der Waals surface area contributed by atoms with E-state index in [4.69, 9.17) is 0 Å². The average Bonchev–Trinajstić information content (AvgIpc) is 2.55. The first-order valence-corrected chi connectivity index (χ1v) is 9.74. The van der Waals surface area contributed by atoms with E-state index in [2.05, 4.69) is 18.7 Å². The van der Waals surface area contributed by atoms with Crippen molar-refractivity contribution in [3.8, 4) is 0 Å². The first-order valence-electron chi connectivity index (χ1n) is 9.74. The van der Waals surface area contributed by atoms with E-state index in [0.717, 1.165) is 45.6 Å². The van der Waals surface area contributed by atoms with Gasteiger partial charge in [0.1, 0.15) is 0 Å². The molecule has 2 saturated heterocycles. The van der Waals surface area contributed by atoms with Gasteiger partial charge in [-0.05, 0) is 44.7 Å². The number of hydrogen-bond acceptors (Lipinski definition) is 3. The molecule has 0 N–H and O–H groups in total. The number of nitrogens with zero attached hydrogens (tertiary/aromatic N) is 3. The molecule has 0 radical (unpaired) electrons. The van der Waals surface area contributed by atoms with E-state index in [9.17, 15) is 9.59 Å². The fraction of sp³-hybridized carbons (Fsp3) is 0.895. The van der Waals surface area contributed by atoms with Crippen LogP contribution in [-0.4, -0.2) is 71.8 Å². The van der Waals surface area contributed by atoms with Gasteiger partial charge in [0.05, 0.1) is 0 Å². The first-order chi connectivity index (χ1) is 11.5. The molecule has 2 fully saturated rings. The number of carbonyl (C=O) groups excluding carboxylic acids is 2. The van der Waals surface area contributed by atoms with Crippen molar-refractivity contribution in [2.45, 2.75) is 65.3 Å². The minimum Gasteiger partial charge on any atom is -0.341 e. The maximum atomic E-state index is 12.4. The quantitative estimate of drug-likeness (QED) is 0.747. The Morgan fingerprint density at radius 3 is 2.42 bits per heavy atom. The topological polar surface area (TPSA) is 43.9 Å². The second-order valence-electron chi connectivity index (χ2n) is 7.85. The van der Waals surface area contributed by atoms with E-state index in [1.165, 1.54) is 19.3 Å². The van der Waals surface area contributed by atoms with Gasteiger partial charge in [0.15, 0.2) is 0 Å². The zero-order chi connectivity index (χ0) is 17.5. The van der Waals surface area contributed by atoms with Gasteiger partial charge in [-0.15, -0.1) is 0 Å². The highest BCUT2D eigenvalue weighted by Crippen LogP contribution is 2.19. The molecule has 0 spiro atoms. The van der Waals surface area contributed by atoms with Crippen molar-refractivity contribution >= 4 is 11.8 Å². The van der Waals surface area contributed by atoms with Gasteiger partial charge in [0, 0.05) is 45.6 Å². The van der Waals surface area contributed by atoms with E-state index in [1.807, 2.05) is 9.80 Å². The molecule has 0 aromatic heterocycles. The highest BCUT2D eigenvalue weighted by molar-refractivity contribution is 5.77. The third kappa shape index (κ3) is 5.76. The second kappa shape index (κ2) is 9.40. The molecule has 0 bridgehead atoms. The molecule has 2 aliphatic heterocycles. The Hall–Kier alpha value is -1.10. The van der Waals surface area contributed by atoms with Crippen molar-refractivity contribution in [3.05, 3.63) is 0 Å². The van der Waals surface area contributed by atoms with Gasteiger partial charge in [0.25, 0.3) is 0 Å². The summed E-state index contributed by atoms with van der Waals surface area (Å²) in [6.07, 6.45) is 6.53. The SMILES string of the molecule is CC(=O)N(CCN1CCCCC1)[C@H]1CCCN(C(=O)CC(C)C)C1. The summed E-state index contributed by atoms with van der Waals surface area (Å²) in [5.74, 6) is 0.783. The van der Waals surface area contributed by atoms with Gasteiger partial charge >= 0.3 is 0 Å². The first kappa shape index (κ1) is 19.2. The maximum Gasteiger partial charge on any atom is 0.222 e. The molecule has 0 aromatic carbocycles. The van der Waals surface area contributed by atoms with E-state index >= 15 is 0 Å². The summed E-state index contributed by atoms with van der Waals surface area (Å²) in [5, 5.41) is 0. The molecule has 1 atom stereocenters. The molecule has 2 amide bonds.